The first kappa shape index (κ1) is 27.5. The number of nitrogens with one attached hydrogen (secondary N) is 2. The van der Waals surface area contributed by atoms with E-state index in [9.17, 15) is 14.4 Å². The molecule has 1 amide bonds. The Balaban J connectivity index is 1.69. The van der Waals surface area contributed by atoms with Crippen LogP contribution in [0.25, 0.3) is 0 Å². The van der Waals surface area contributed by atoms with Crippen LogP contribution in [0.3, 0.4) is 0 Å². The Bertz CT molecular complexity index is 1140. The Morgan fingerprint density at radius 1 is 1.08 bits per heavy atom. The van der Waals surface area contributed by atoms with Gasteiger partial charge in [-0.2, -0.15) is 0 Å². The van der Waals surface area contributed by atoms with Gasteiger partial charge in [0.25, 0.3) is 0 Å². The molecule has 0 radical (unpaired) electrons. The van der Waals surface area contributed by atoms with Gasteiger partial charge < -0.3 is 10.1 Å². The first-order valence-electron chi connectivity index (χ1n) is 11.8. The molecular formula is C26H29Cl2N4O4+. The zero-order chi connectivity index (χ0) is 26.1. The Kier molecular flexibility index (Phi) is 9.76. The molecule has 3 rings (SSSR count). The van der Waals surface area contributed by atoms with Crippen molar-refractivity contribution >= 4 is 40.9 Å². The minimum atomic E-state index is -0.854. The van der Waals surface area contributed by atoms with Crippen molar-refractivity contribution in [2.45, 2.75) is 51.0 Å². The summed E-state index contributed by atoms with van der Waals surface area (Å²) in [4.78, 5) is 41.5. The molecule has 1 saturated carbocycles. The largest absolute Gasteiger partial charge is 0.467 e. The topological polar surface area (TPSA) is 123 Å². The van der Waals surface area contributed by atoms with E-state index in [0.717, 1.165) is 24.0 Å². The number of amides is 1. The SMILES string of the molecule is COC(=O)[C@H](Cc1ccc(CC(=O)c2c(Cl)cccc2Cl)cc1)NC(=O)C1(CCN=[N+]=N)CCCC1. The van der Waals surface area contributed by atoms with E-state index in [4.69, 9.17) is 33.5 Å². The molecule has 0 saturated heterocycles. The van der Waals surface area contributed by atoms with Gasteiger partial charge in [0, 0.05) is 12.8 Å². The minimum absolute atomic E-state index is 0.124. The molecule has 0 unspecified atom stereocenters. The molecule has 8 nitrogen and oxygen atoms in total. The van der Waals surface area contributed by atoms with Crippen molar-refractivity contribution in [2.75, 3.05) is 13.7 Å². The summed E-state index contributed by atoms with van der Waals surface area (Å²) in [5.74, 6) is -0.922. The summed E-state index contributed by atoms with van der Waals surface area (Å²) in [6.45, 7) is 0.291. The molecule has 1 atom stereocenters. The Hall–Kier alpha value is -3.06. The van der Waals surface area contributed by atoms with Crippen LogP contribution >= 0.6 is 23.2 Å². The fourth-order valence-electron chi connectivity index (χ4n) is 4.67. The molecule has 0 heterocycles. The zero-order valence-corrected chi connectivity index (χ0v) is 21.6. The van der Waals surface area contributed by atoms with Crippen molar-refractivity contribution in [3.63, 3.8) is 0 Å². The van der Waals surface area contributed by atoms with Crippen LogP contribution < -0.4 is 10.2 Å². The van der Waals surface area contributed by atoms with E-state index in [0.29, 0.717) is 41.4 Å². The van der Waals surface area contributed by atoms with Crippen LogP contribution in [0.1, 0.15) is 53.6 Å². The van der Waals surface area contributed by atoms with Crippen LogP contribution in [0, 0.1) is 10.9 Å². The number of carbonyl (C=O) groups is 3. The third-order valence-corrected chi connectivity index (χ3v) is 7.29. The molecule has 36 heavy (non-hydrogen) atoms. The molecule has 1 aliphatic rings. The number of nitrogens with zero attached hydrogens (tertiary/aromatic N) is 2. The fourth-order valence-corrected chi connectivity index (χ4v) is 5.28. The second-order valence-corrected chi connectivity index (χ2v) is 9.78. The van der Waals surface area contributed by atoms with Gasteiger partial charge in [-0.15, -0.1) is 0 Å². The first-order chi connectivity index (χ1) is 17.3. The lowest BCUT2D eigenvalue weighted by molar-refractivity contribution is -0.146. The molecule has 0 aliphatic heterocycles. The van der Waals surface area contributed by atoms with E-state index >= 15 is 0 Å². The third kappa shape index (κ3) is 6.78. The van der Waals surface area contributed by atoms with E-state index in [-0.39, 0.29) is 24.5 Å². The zero-order valence-electron chi connectivity index (χ0n) is 20.1. The van der Waals surface area contributed by atoms with Crippen molar-refractivity contribution in [1.29, 1.82) is 5.53 Å². The van der Waals surface area contributed by atoms with Crippen molar-refractivity contribution in [3.05, 3.63) is 69.2 Å². The van der Waals surface area contributed by atoms with Gasteiger partial charge in [0.1, 0.15) is 23.2 Å². The van der Waals surface area contributed by atoms with Gasteiger partial charge in [0.05, 0.1) is 28.1 Å². The van der Waals surface area contributed by atoms with Crippen LogP contribution in [0.15, 0.2) is 47.6 Å². The highest BCUT2D eigenvalue weighted by atomic mass is 35.5. The monoisotopic (exact) mass is 531 g/mol. The number of hydrogen-bond acceptors (Lipinski definition) is 6. The average molecular weight is 532 g/mol. The van der Waals surface area contributed by atoms with Crippen molar-refractivity contribution in [2.24, 2.45) is 10.5 Å². The summed E-state index contributed by atoms with van der Waals surface area (Å²) in [5, 5.41) is 7.21. The third-order valence-electron chi connectivity index (χ3n) is 6.66. The highest BCUT2D eigenvalue weighted by molar-refractivity contribution is 6.39. The number of carbonyl (C=O) groups excluding carboxylic acids is 3. The summed E-state index contributed by atoms with van der Waals surface area (Å²) in [6, 6.07) is 11.3. The number of ether oxygens (including phenoxy) is 1. The van der Waals surface area contributed by atoms with E-state index in [1.165, 1.54) is 7.11 Å². The summed E-state index contributed by atoms with van der Waals surface area (Å²) in [6.07, 6.45) is 4.11. The highest BCUT2D eigenvalue weighted by Gasteiger charge is 2.42. The maximum Gasteiger partial charge on any atom is 0.328 e. The molecule has 2 aromatic carbocycles. The van der Waals surface area contributed by atoms with Crippen LogP contribution in [-0.2, 0) is 27.2 Å². The lowest BCUT2D eigenvalue weighted by Crippen LogP contribution is -2.49. The maximum absolute atomic E-state index is 13.3. The van der Waals surface area contributed by atoms with Crippen molar-refractivity contribution in [3.8, 4) is 0 Å². The minimum Gasteiger partial charge on any atom is -0.467 e. The summed E-state index contributed by atoms with van der Waals surface area (Å²) < 4.78 is 4.95. The molecule has 0 aromatic heterocycles. The van der Waals surface area contributed by atoms with E-state index in [2.05, 4.69) is 15.3 Å². The number of halogens is 2. The Labute approximate surface area is 219 Å². The molecule has 1 aliphatic carbocycles. The molecule has 0 bridgehead atoms. The standard InChI is InChI=1S/C26H28Cl2N4O4/c1-36-24(34)21(31-25(35)26(11-2-3-12-26)13-14-30-32-29)15-17-7-9-18(10-8-17)16-22(33)23-19(27)5-4-6-20(23)28/h4-10,21,29H,2-3,11-16H2,1H3/p+1/t21-/m0/s1. The summed E-state index contributed by atoms with van der Waals surface area (Å²) in [5.41, 5.74) is 8.10. The second kappa shape index (κ2) is 12.8. The molecule has 2 N–H and O–H groups in total. The van der Waals surface area contributed by atoms with Crippen LogP contribution in [0.5, 0.6) is 0 Å². The summed E-state index contributed by atoms with van der Waals surface area (Å²) >= 11 is 12.3. The Morgan fingerprint density at radius 3 is 2.28 bits per heavy atom. The Morgan fingerprint density at radius 2 is 1.69 bits per heavy atom. The molecule has 10 heteroatoms. The van der Waals surface area contributed by atoms with Crippen LogP contribution in [0.2, 0.25) is 10.0 Å². The number of benzene rings is 2. The molecule has 1 fully saturated rings. The predicted molar refractivity (Wildman–Crippen MR) is 136 cm³/mol. The first-order valence-corrected chi connectivity index (χ1v) is 12.5. The molecule has 0 spiro atoms. The van der Waals surface area contributed by atoms with Gasteiger partial charge in [0.2, 0.25) is 10.8 Å². The average Bonchev–Trinajstić information content (AvgIpc) is 3.34. The summed E-state index contributed by atoms with van der Waals surface area (Å²) in [7, 11) is 1.29. The van der Waals surface area contributed by atoms with Gasteiger partial charge in [-0.3, -0.25) is 9.59 Å². The van der Waals surface area contributed by atoms with Gasteiger partial charge in [-0.05, 0) is 42.5 Å². The smallest absolute Gasteiger partial charge is 0.328 e. The van der Waals surface area contributed by atoms with Crippen LogP contribution in [-0.4, -0.2) is 37.4 Å². The maximum atomic E-state index is 13.3. The highest BCUT2D eigenvalue weighted by Crippen LogP contribution is 2.41. The van der Waals surface area contributed by atoms with Crippen LogP contribution in [0.4, 0.5) is 0 Å². The van der Waals surface area contributed by atoms with E-state index < -0.39 is 17.4 Å². The normalized spacial score (nSPS) is 15.0. The number of methoxy groups -OCH3 is 1. The fraction of sp³-hybridized carbons (Fsp3) is 0.423. The van der Waals surface area contributed by atoms with E-state index in [1.54, 1.807) is 30.3 Å². The lowest BCUT2D eigenvalue weighted by atomic mass is 9.81. The number of hydrogen-bond donors (Lipinski definition) is 2. The number of rotatable bonds is 11. The van der Waals surface area contributed by atoms with Crippen molar-refractivity contribution < 1.29 is 19.1 Å². The number of esters is 1. The lowest BCUT2D eigenvalue weighted by Gasteiger charge is -2.28. The van der Waals surface area contributed by atoms with Gasteiger partial charge >= 0.3 is 5.97 Å². The van der Waals surface area contributed by atoms with Gasteiger partial charge in [-0.1, -0.05) is 66.4 Å². The number of ketones is 1. The van der Waals surface area contributed by atoms with Gasteiger partial charge in [-0.25, -0.2) is 4.79 Å². The second-order valence-electron chi connectivity index (χ2n) is 8.97. The van der Waals surface area contributed by atoms with Crippen molar-refractivity contribution in [1.82, 2.24) is 10.2 Å². The number of Topliss-reactive ketones (excluding diaryl/α,β-unsaturated/α-hetero) is 1. The molecule has 2 aromatic rings. The van der Waals surface area contributed by atoms with E-state index in [1.807, 2.05) is 12.1 Å². The quantitative estimate of drug-likeness (QED) is 0.181. The van der Waals surface area contributed by atoms with Gasteiger partial charge in [0.15, 0.2) is 5.78 Å². The molecular weight excluding hydrogens is 503 g/mol. The predicted octanol–water partition coefficient (Wildman–Crippen LogP) is 5.12. The molecule has 190 valence electrons.